The summed E-state index contributed by atoms with van der Waals surface area (Å²) >= 11 is 0. The number of carbonyl (C=O) groups is 1. The Hall–Kier alpha value is -4.26. The van der Waals surface area contributed by atoms with E-state index >= 15 is 0 Å². The van der Waals surface area contributed by atoms with E-state index in [0.717, 1.165) is 33.7 Å². The number of anilines is 3. The Labute approximate surface area is 192 Å². The van der Waals surface area contributed by atoms with Gasteiger partial charge in [-0.2, -0.15) is 0 Å². The lowest BCUT2D eigenvalue weighted by Crippen LogP contribution is -2.13. The second-order valence-electron chi connectivity index (χ2n) is 7.41. The van der Waals surface area contributed by atoms with E-state index in [1.807, 2.05) is 55.5 Å². The molecule has 4 aromatic rings. The number of carbonyl (C=O) groups excluding carboxylic acids is 1. The zero-order chi connectivity index (χ0) is 23.4. The highest BCUT2D eigenvalue weighted by Gasteiger charge is 2.17. The number of para-hydroxylation sites is 1. The molecule has 1 amide bonds. The quantitative estimate of drug-likeness (QED) is 0.389. The van der Waals surface area contributed by atoms with Crippen molar-refractivity contribution in [3.8, 4) is 17.2 Å². The number of nitrogens with zero attached hydrogens (tertiary/aromatic N) is 1. The van der Waals surface area contributed by atoms with Gasteiger partial charge in [0.2, 0.25) is 0 Å². The largest absolute Gasteiger partial charge is 0.497 e. The van der Waals surface area contributed by atoms with Gasteiger partial charge < -0.3 is 24.8 Å². The number of benzene rings is 3. The number of methoxy groups -OCH3 is 3. The Morgan fingerprint density at radius 1 is 0.848 bits per heavy atom. The SMILES string of the molecule is COc1ccc(Nc2cc(C)c3cc(NC(=O)c4cccc(OC)c4OC)ccc3n2)cc1. The molecule has 2 N–H and O–H groups in total. The molecule has 168 valence electrons. The summed E-state index contributed by atoms with van der Waals surface area (Å²) in [4.78, 5) is 17.6. The minimum Gasteiger partial charge on any atom is -0.497 e. The number of ether oxygens (including phenoxy) is 3. The zero-order valence-corrected chi connectivity index (χ0v) is 18.9. The lowest BCUT2D eigenvalue weighted by atomic mass is 10.1. The summed E-state index contributed by atoms with van der Waals surface area (Å²) < 4.78 is 15.9. The lowest BCUT2D eigenvalue weighted by molar-refractivity contribution is 0.102. The molecule has 0 unspecified atom stereocenters. The molecule has 33 heavy (non-hydrogen) atoms. The highest BCUT2D eigenvalue weighted by molar-refractivity contribution is 6.07. The monoisotopic (exact) mass is 443 g/mol. The molecule has 0 aliphatic heterocycles. The number of rotatable bonds is 7. The van der Waals surface area contributed by atoms with Crippen molar-refractivity contribution in [3.05, 3.63) is 77.9 Å². The molecule has 0 bridgehead atoms. The second-order valence-corrected chi connectivity index (χ2v) is 7.41. The van der Waals surface area contributed by atoms with Crippen LogP contribution in [-0.2, 0) is 0 Å². The van der Waals surface area contributed by atoms with Crippen molar-refractivity contribution in [2.24, 2.45) is 0 Å². The molecule has 3 aromatic carbocycles. The summed E-state index contributed by atoms with van der Waals surface area (Å²) in [7, 11) is 4.69. The van der Waals surface area contributed by atoms with Crippen LogP contribution < -0.4 is 24.8 Å². The molecule has 0 spiro atoms. The number of nitrogens with one attached hydrogen (secondary N) is 2. The van der Waals surface area contributed by atoms with Gasteiger partial charge in [0.05, 0.1) is 32.4 Å². The number of aryl methyl sites for hydroxylation is 1. The van der Waals surface area contributed by atoms with E-state index in [4.69, 9.17) is 19.2 Å². The molecule has 0 aliphatic carbocycles. The minimum atomic E-state index is -0.284. The van der Waals surface area contributed by atoms with Crippen LogP contribution in [0.5, 0.6) is 17.2 Å². The Morgan fingerprint density at radius 2 is 1.61 bits per heavy atom. The molecular weight excluding hydrogens is 418 g/mol. The molecule has 7 nitrogen and oxygen atoms in total. The first-order valence-electron chi connectivity index (χ1n) is 10.4. The van der Waals surface area contributed by atoms with Gasteiger partial charge in [-0.25, -0.2) is 4.98 Å². The third-order valence-corrected chi connectivity index (χ3v) is 5.28. The summed E-state index contributed by atoms with van der Waals surface area (Å²) in [6.07, 6.45) is 0. The van der Waals surface area contributed by atoms with Crippen molar-refractivity contribution in [1.29, 1.82) is 0 Å². The van der Waals surface area contributed by atoms with Crippen molar-refractivity contribution in [2.75, 3.05) is 32.0 Å². The third kappa shape index (κ3) is 4.67. The van der Waals surface area contributed by atoms with Crippen LogP contribution in [0.1, 0.15) is 15.9 Å². The van der Waals surface area contributed by atoms with Gasteiger partial charge in [0.1, 0.15) is 11.6 Å². The van der Waals surface area contributed by atoms with E-state index in [0.29, 0.717) is 22.7 Å². The van der Waals surface area contributed by atoms with Gasteiger partial charge in [-0.1, -0.05) is 6.07 Å². The Kier molecular flexibility index (Phi) is 6.31. The van der Waals surface area contributed by atoms with Crippen molar-refractivity contribution in [1.82, 2.24) is 4.98 Å². The number of fused-ring (bicyclic) bond motifs is 1. The Balaban J connectivity index is 1.58. The third-order valence-electron chi connectivity index (χ3n) is 5.28. The first-order chi connectivity index (χ1) is 16.0. The fraction of sp³-hybridized carbons (Fsp3) is 0.154. The molecule has 0 atom stereocenters. The zero-order valence-electron chi connectivity index (χ0n) is 18.9. The fourth-order valence-electron chi connectivity index (χ4n) is 3.62. The summed E-state index contributed by atoms with van der Waals surface area (Å²) in [5, 5.41) is 7.21. The molecule has 4 rings (SSSR count). The van der Waals surface area contributed by atoms with Gasteiger partial charge >= 0.3 is 0 Å². The summed E-state index contributed by atoms with van der Waals surface area (Å²) in [6.45, 7) is 2.01. The van der Waals surface area contributed by atoms with Crippen molar-refractivity contribution < 1.29 is 19.0 Å². The van der Waals surface area contributed by atoms with Crippen LogP contribution >= 0.6 is 0 Å². The normalized spacial score (nSPS) is 10.5. The van der Waals surface area contributed by atoms with E-state index in [-0.39, 0.29) is 5.91 Å². The van der Waals surface area contributed by atoms with Gasteiger partial charge in [-0.05, 0) is 73.2 Å². The van der Waals surface area contributed by atoms with Crippen LogP contribution in [0.15, 0.2) is 66.7 Å². The van der Waals surface area contributed by atoms with E-state index in [1.165, 1.54) is 14.2 Å². The Morgan fingerprint density at radius 3 is 2.30 bits per heavy atom. The molecule has 0 fully saturated rings. The smallest absolute Gasteiger partial charge is 0.259 e. The van der Waals surface area contributed by atoms with E-state index in [1.54, 1.807) is 25.3 Å². The summed E-state index contributed by atoms with van der Waals surface area (Å²) in [5.74, 6) is 2.15. The predicted molar refractivity (Wildman–Crippen MR) is 130 cm³/mol. The standard InChI is InChI=1S/C26H25N3O4/c1-16-14-24(27-17-8-11-19(31-2)12-9-17)29-22-13-10-18(15-21(16)22)28-26(30)20-6-5-7-23(32-3)25(20)33-4/h5-15H,1-4H3,(H,27,29)(H,28,30). The number of amides is 1. The van der Waals surface area contributed by atoms with Crippen LogP contribution in [0.25, 0.3) is 10.9 Å². The van der Waals surface area contributed by atoms with Crippen LogP contribution in [-0.4, -0.2) is 32.2 Å². The molecule has 7 heteroatoms. The highest BCUT2D eigenvalue weighted by atomic mass is 16.5. The van der Waals surface area contributed by atoms with Crippen molar-refractivity contribution in [2.45, 2.75) is 6.92 Å². The van der Waals surface area contributed by atoms with E-state index < -0.39 is 0 Å². The molecule has 0 aliphatic rings. The highest BCUT2D eigenvalue weighted by Crippen LogP contribution is 2.32. The number of hydrogen-bond donors (Lipinski definition) is 2. The van der Waals surface area contributed by atoms with Gasteiger partial charge in [0.15, 0.2) is 11.5 Å². The van der Waals surface area contributed by atoms with Crippen LogP contribution in [0.4, 0.5) is 17.2 Å². The van der Waals surface area contributed by atoms with Gasteiger partial charge in [0, 0.05) is 16.8 Å². The number of hydrogen-bond acceptors (Lipinski definition) is 6. The van der Waals surface area contributed by atoms with Crippen LogP contribution in [0.3, 0.4) is 0 Å². The average Bonchev–Trinajstić information content (AvgIpc) is 2.84. The fourth-order valence-corrected chi connectivity index (χ4v) is 3.62. The van der Waals surface area contributed by atoms with E-state index in [9.17, 15) is 4.79 Å². The summed E-state index contributed by atoms with van der Waals surface area (Å²) in [6, 6.07) is 20.5. The van der Waals surface area contributed by atoms with Gasteiger partial charge in [-0.3, -0.25) is 4.79 Å². The molecule has 0 saturated heterocycles. The number of aromatic nitrogens is 1. The molecule has 0 saturated carbocycles. The maximum absolute atomic E-state index is 12.9. The summed E-state index contributed by atoms with van der Waals surface area (Å²) in [5.41, 5.74) is 3.83. The topological polar surface area (TPSA) is 81.7 Å². The van der Waals surface area contributed by atoms with Crippen LogP contribution in [0, 0.1) is 6.92 Å². The van der Waals surface area contributed by atoms with Crippen molar-refractivity contribution >= 4 is 34.0 Å². The maximum atomic E-state index is 12.9. The predicted octanol–water partition coefficient (Wildman–Crippen LogP) is 5.56. The maximum Gasteiger partial charge on any atom is 0.259 e. The first-order valence-corrected chi connectivity index (χ1v) is 10.4. The molecular formula is C26H25N3O4. The average molecular weight is 444 g/mol. The lowest BCUT2D eigenvalue weighted by Gasteiger charge is -2.13. The number of pyridine rings is 1. The van der Waals surface area contributed by atoms with Crippen molar-refractivity contribution in [3.63, 3.8) is 0 Å². The molecule has 1 heterocycles. The molecule has 0 radical (unpaired) electrons. The van der Waals surface area contributed by atoms with Crippen LogP contribution in [0.2, 0.25) is 0 Å². The van der Waals surface area contributed by atoms with Gasteiger partial charge in [-0.15, -0.1) is 0 Å². The Bertz CT molecular complexity index is 1300. The molecule has 1 aromatic heterocycles. The van der Waals surface area contributed by atoms with E-state index in [2.05, 4.69) is 10.6 Å². The minimum absolute atomic E-state index is 0.284. The first kappa shape index (κ1) is 22.0. The van der Waals surface area contributed by atoms with Gasteiger partial charge in [0.25, 0.3) is 5.91 Å². The second kappa shape index (κ2) is 9.48.